The van der Waals surface area contributed by atoms with E-state index in [4.69, 9.17) is 4.74 Å². The van der Waals surface area contributed by atoms with E-state index in [1.54, 1.807) is 7.11 Å². The molecule has 2 unspecified atom stereocenters. The zero-order valence-electron chi connectivity index (χ0n) is 11.5. The number of hydrogen-bond acceptors (Lipinski definition) is 2. The maximum absolute atomic E-state index is 5.62. The van der Waals surface area contributed by atoms with Crippen molar-refractivity contribution in [1.82, 2.24) is 0 Å². The Labute approximate surface area is 104 Å². The molecule has 1 N–H and O–H groups in total. The van der Waals surface area contributed by atoms with Crippen LogP contribution in [-0.2, 0) is 10.2 Å². The van der Waals surface area contributed by atoms with Crippen molar-refractivity contribution in [3.05, 3.63) is 29.3 Å². The lowest BCUT2D eigenvalue weighted by molar-refractivity contribution is 0.0893. The normalized spacial score (nSPS) is 24.1. The number of hydrogen-bond donors (Lipinski definition) is 1. The first-order valence-corrected chi connectivity index (χ1v) is 6.35. The maximum atomic E-state index is 5.62. The van der Waals surface area contributed by atoms with E-state index in [0.29, 0.717) is 6.04 Å². The average molecular weight is 233 g/mol. The minimum absolute atomic E-state index is 0.191. The highest BCUT2D eigenvalue weighted by Crippen LogP contribution is 2.37. The predicted octanol–water partition coefficient (Wildman–Crippen LogP) is 3.88. The summed E-state index contributed by atoms with van der Waals surface area (Å²) in [5.74, 6) is 0. The summed E-state index contributed by atoms with van der Waals surface area (Å²) < 4.78 is 5.62. The lowest BCUT2D eigenvalue weighted by Gasteiger charge is -2.32. The van der Waals surface area contributed by atoms with Gasteiger partial charge in [0.15, 0.2) is 0 Å². The van der Waals surface area contributed by atoms with Crippen LogP contribution in [0.4, 0.5) is 5.69 Å². The van der Waals surface area contributed by atoms with Crippen molar-refractivity contribution in [2.75, 3.05) is 12.4 Å². The summed E-state index contributed by atoms with van der Waals surface area (Å²) in [7, 11) is 1.80. The van der Waals surface area contributed by atoms with Gasteiger partial charge in [-0.15, -0.1) is 0 Å². The molecule has 0 saturated heterocycles. The van der Waals surface area contributed by atoms with Gasteiger partial charge >= 0.3 is 0 Å². The van der Waals surface area contributed by atoms with E-state index < -0.39 is 0 Å². The maximum Gasteiger partial charge on any atom is 0.0860 e. The third-order valence-corrected chi connectivity index (χ3v) is 3.52. The largest absolute Gasteiger partial charge is 0.382 e. The molecule has 0 fully saturated rings. The van der Waals surface area contributed by atoms with E-state index in [9.17, 15) is 0 Å². The van der Waals surface area contributed by atoms with Gasteiger partial charge in [0, 0.05) is 24.4 Å². The molecule has 1 aromatic rings. The fraction of sp³-hybridized carbons (Fsp3) is 0.600. The molecule has 2 heteroatoms. The van der Waals surface area contributed by atoms with Crippen molar-refractivity contribution in [1.29, 1.82) is 0 Å². The van der Waals surface area contributed by atoms with Gasteiger partial charge in [-0.3, -0.25) is 0 Å². The third kappa shape index (κ3) is 2.47. The van der Waals surface area contributed by atoms with Crippen molar-refractivity contribution in [2.24, 2.45) is 0 Å². The Morgan fingerprint density at radius 2 is 2.00 bits per heavy atom. The SMILES string of the molecule is COC1CC(C)Nc2ccc(C(C)(C)C)cc21. The van der Waals surface area contributed by atoms with Gasteiger partial charge in [0.05, 0.1) is 6.10 Å². The van der Waals surface area contributed by atoms with Gasteiger partial charge in [0.1, 0.15) is 0 Å². The minimum Gasteiger partial charge on any atom is -0.382 e. The molecule has 2 rings (SSSR count). The van der Waals surface area contributed by atoms with Crippen LogP contribution in [0.5, 0.6) is 0 Å². The topological polar surface area (TPSA) is 21.3 Å². The van der Waals surface area contributed by atoms with Crippen LogP contribution in [0, 0.1) is 0 Å². The summed E-state index contributed by atoms with van der Waals surface area (Å²) in [5, 5.41) is 3.52. The van der Waals surface area contributed by atoms with E-state index in [0.717, 1.165) is 6.42 Å². The van der Waals surface area contributed by atoms with Crippen LogP contribution < -0.4 is 5.32 Å². The first kappa shape index (κ1) is 12.4. The van der Waals surface area contributed by atoms with Gasteiger partial charge in [0.2, 0.25) is 0 Å². The summed E-state index contributed by atoms with van der Waals surface area (Å²) in [6.07, 6.45) is 1.26. The molecule has 17 heavy (non-hydrogen) atoms. The van der Waals surface area contributed by atoms with Crippen LogP contribution in [-0.4, -0.2) is 13.2 Å². The minimum atomic E-state index is 0.191. The lowest BCUT2D eigenvalue weighted by Crippen LogP contribution is -2.26. The zero-order chi connectivity index (χ0) is 12.6. The van der Waals surface area contributed by atoms with Crippen LogP contribution in [0.2, 0.25) is 0 Å². The molecule has 0 aliphatic carbocycles. The fourth-order valence-corrected chi connectivity index (χ4v) is 2.42. The smallest absolute Gasteiger partial charge is 0.0860 e. The summed E-state index contributed by atoms with van der Waals surface area (Å²) in [4.78, 5) is 0. The lowest BCUT2D eigenvalue weighted by atomic mass is 9.84. The molecular formula is C15H23NO. The molecule has 0 bridgehead atoms. The monoisotopic (exact) mass is 233 g/mol. The molecule has 0 saturated carbocycles. The molecule has 2 atom stereocenters. The zero-order valence-corrected chi connectivity index (χ0v) is 11.5. The van der Waals surface area contributed by atoms with Crippen LogP contribution in [0.3, 0.4) is 0 Å². The Kier molecular flexibility index (Phi) is 3.17. The van der Waals surface area contributed by atoms with Gasteiger partial charge in [-0.1, -0.05) is 32.9 Å². The Morgan fingerprint density at radius 3 is 2.59 bits per heavy atom. The number of anilines is 1. The quantitative estimate of drug-likeness (QED) is 0.795. The second kappa shape index (κ2) is 4.34. The van der Waals surface area contributed by atoms with E-state index in [-0.39, 0.29) is 11.5 Å². The highest BCUT2D eigenvalue weighted by molar-refractivity contribution is 5.57. The molecule has 1 aromatic carbocycles. The van der Waals surface area contributed by atoms with Crippen molar-refractivity contribution in [2.45, 2.75) is 51.7 Å². The molecule has 0 amide bonds. The van der Waals surface area contributed by atoms with Crippen LogP contribution in [0.25, 0.3) is 0 Å². The number of ether oxygens (including phenoxy) is 1. The molecule has 0 radical (unpaired) electrons. The summed E-state index contributed by atoms with van der Waals surface area (Å²) >= 11 is 0. The highest BCUT2D eigenvalue weighted by atomic mass is 16.5. The first-order valence-electron chi connectivity index (χ1n) is 6.35. The van der Waals surface area contributed by atoms with Gasteiger partial charge in [-0.05, 0) is 30.4 Å². The van der Waals surface area contributed by atoms with E-state index in [1.807, 2.05) is 0 Å². The van der Waals surface area contributed by atoms with Crippen molar-refractivity contribution >= 4 is 5.69 Å². The van der Waals surface area contributed by atoms with Gasteiger partial charge < -0.3 is 10.1 Å². The number of benzene rings is 1. The second-order valence-electron chi connectivity index (χ2n) is 6.06. The van der Waals surface area contributed by atoms with Crippen molar-refractivity contribution < 1.29 is 4.74 Å². The molecule has 0 spiro atoms. The van der Waals surface area contributed by atoms with E-state index in [2.05, 4.69) is 51.2 Å². The molecular weight excluding hydrogens is 210 g/mol. The van der Waals surface area contributed by atoms with Crippen molar-refractivity contribution in [3.63, 3.8) is 0 Å². The molecule has 2 nitrogen and oxygen atoms in total. The third-order valence-electron chi connectivity index (χ3n) is 3.52. The van der Waals surface area contributed by atoms with Crippen LogP contribution >= 0.6 is 0 Å². The Hall–Kier alpha value is -1.02. The number of rotatable bonds is 1. The standard InChI is InChI=1S/C15H23NO/c1-10-8-14(17-5)12-9-11(15(2,3)4)6-7-13(12)16-10/h6-7,9-10,14,16H,8H2,1-5H3. The Morgan fingerprint density at radius 1 is 1.29 bits per heavy atom. The predicted molar refractivity (Wildman–Crippen MR) is 72.6 cm³/mol. The number of fused-ring (bicyclic) bond motifs is 1. The Balaban J connectivity index is 2.43. The van der Waals surface area contributed by atoms with E-state index >= 15 is 0 Å². The first-order chi connectivity index (χ1) is 7.91. The number of methoxy groups -OCH3 is 1. The van der Waals surface area contributed by atoms with Gasteiger partial charge in [0.25, 0.3) is 0 Å². The molecule has 94 valence electrons. The van der Waals surface area contributed by atoms with Gasteiger partial charge in [-0.25, -0.2) is 0 Å². The molecule has 1 aliphatic rings. The average Bonchev–Trinajstić information content (AvgIpc) is 2.25. The molecule has 1 aliphatic heterocycles. The highest BCUT2D eigenvalue weighted by Gasteiger charge is 2.25. The van der Waals surface area contributed by atoms with Crippen molar-refractivity contribution in [3.8, 4) is 0 Å². The van der Waals surface area contributed by atoms with E-state index in [1.165, 1.54) is 16.8 Å². The molecule has 0 aromatic heterocycles. The van der Waals surface area contributed by atoms with Crippen LogP contribution in [0.15, 0.2) is 18.2 Å². The Bertz CT molecular complexity index is 406. The number of nitrogens with one attached hydrogen (secondary N) is 1. The summed E-state index contributed by atoms with van der Waals surface area (Å²) in [5.41, 5.74) is 4.09. The second-order valence-corrected chi connectivity index (χ2v) is 6.06. The summed E-state index contributed by atoms with van der Waals surface area (Å²) in [6.45, 7) is 8.94. The fourth-order valence-electron chi connectivity index (χ4n) is 2.42. The summed E-state index contributed by atoms with van der Waals surface area (Å²) in [6, 6.07) is 7.18. The molecule has 1 heterocycles. The van der Waals surface area contributed by atoms with Crippen LogP contribution in [0.1, 0.15) is 51.3 Å². The van der Waals surface area contributed by atoms with Gasteiger partial charge in [-0.2, -0.15) is 0 Å².